The van der Waals surface area contributed by atoms with Crippen molar-refractivity contribution in [1.82, 2.24) is 4.98 Å². The van der Waals surface area contributed by atoms with Crippen LogP contribution in [0.5, 0.6) is 5.75 Å². The second kappa shape index (κ2) is 6.62. The van der Waals surface area contributed by atoms with E-state index in [1.807, 2.05) is 0 Å². The Bertz CT molecular complexity index is 1120. The zero-order valence-electron chi connectivity index (χ0n) is 16.8. The highest BCUT2D eigenvalue weighted by atomic mass is 32.2. The molecule has 3 N–H and O–H groups in total. The number of phenols is 1. The number of H-pyrrole nitrogens is 1. The van der Waals surface area contributed by atoms with Gasteiger partial charge in [-0.1, -0.05) is 0 Å². The maximum absolute atomic E-state index is 13.9. The second-order valence-electron chi connectivity index (χ2n) is 6.27. The standard InChI is InChI=1S/C16H15F5N2O4S/c1-27-15(16(19,20)21)3-2-8-12(6-15)22-7-14(8)28(25,26)23-11-4-10(18)13(24)5-9(11)17/h4-5,7,22-24H,2-3,6H2,1H3/t15-/m1/s1/i1D3. The molecule has 154 valence electrons. The molecule has 6 nitrogen and oxygen atoms in total. The van der Waals surface area contributed by atoms with E-state index >= 15 is 0 Å². The van der Waals surface area contributed by atoms with E-state index in [9.17, 15) is 30.4 Å². The Balaban J connectivity index is 1.96. The van der Waals surface area contributed by atoms with Crippen molar-refractivity contribution in [1.29, 1.82) is 0 Å². The van der Waals surface area contributed by atoms with Crippen molar-refractivity contribution < 1.29 is 44.3 Å². The molecule has 1 heterocycles. The first-order chi connectivity index (χ1) is 14.0. The van der Waals surface area contributed by atoms with Crippen LogP contribution < -0.4 is 4.72 Å². The molecule has 0 unspecified atom stereocenters. The first kappa shape index (κ1) is 16.6. The third-order valence-electron chi connectivity index (χ3n) is 4.56. The molecule has 0 aliphatic heterocycles. The van der Waals surface area contributed by atoms with Crippen molar-refractivity contribution in [2.45, 2.75) is 35.9 Å². The highest BCUT2D eigenvalue weighted by Crippen LogP contribution is 2.44. The van der Waals surface area contributed by atoms with Gasteiger partial charge in [0.1, 0.15) is 4.90 Å². The molecule has 0 amide bonds. The lowest BCUT2D eigenvalue weighted by Crippen LogP contribution is -2.51. The van der Waals surface area contributed by atoms with Crippen LogP contribution in [0.3, 0.4) is 0 Å². The van der Waals surface area contributed by atoms with Gasteiger partial charge >= 0.3 is 6.18 Å². The molecule has 2 aromatic rings. The largest absolute Gasteiger partial charge is 0.505 e. The maximum Gasteiger partial charge on any atom is 0.417 e. The predicted octanol–water partition coefficient (Wildman–Crippen LogP) is 3.24. The lowest BCUT2D eigenvalue weighted by atomic mass is 9.83. The maximum atomic E-state index is 13.9. The molecule has 0 radical (unpaired) electrons. The first-order valence-corrected chi connectivity index (χ1v) is 9.20. The molecule has 28 heavy (non-hydrogen) atoms. The van der Waals surface area contributed by atoms with Gasteiger partial charge in [0, 0.05) is 37.5 Å². The number of nitrogens with one attached hydrogen (secondary N) is 2. The molecule has 3 rings (SSSR count). The summed E-state index contributed by atoms with van der Waals surface area (Å²) < 4.78 is 121. The predicted molar refractivity (Wildman–Crippen MR) is 87.4 cm³/mol. The van der Waals surface area contributed by atoms with E-state index in [-0.39, 0.29) is 11.3 Å². The van der Waals surface area contributed by atoms with Crippen molar-refractivity contribution >= 4 is 15.7 Å². The van der Waals surface area contributed by atoms with Gasteiger partial charge in [-0.3, -0.25) is 4.72 Å². The minimum absolute atomic E-state index is 0.0684. The number of methoxy groups -OCH3 is 1. The number of anilines is 1. The first-order valence-electron chi connectivity index (χ1n) is 9.21. The van der Waals surface area contributed by atoms with E-state index in [4.69, 9.17) is 9.22 Å². The number of hydrogen-bond acceptors (Lipinski definition) is 4. The third-order valence-corrected chi connectivity index (χ3v) is 5.99. The Labute approximate surface area is 160 Å². The van der Waals surface area contributed by atoms with E-state index < -0.39 is 76.1 Å². The summed E-state index contributed by atoms with van der Waals surface area (Å²) in [4.78, 5) is 1.86. The number of phenolic OH excluding ortho intramolecular Hbond substituents is 1. The van der Waals surface area contributed by atoms with E-state index in [1.54, 1.807) is 4.72 Å². The minimum atomic E-state index is -5.06. The highest BCUT2D eigenvalue weighted by molar-refractivity contribution is 7.92. The van der Waals surface area contributed by atoms with Gasteiger partial charge in [-0.2, -0.15) is 13.2 Å². The Kier molecular flexibility index (Phi) is 3.93. The molecule has 0 saturated heterocycles. The van der Waals surface area contributed by atoms with Crippen LogP contribution in [0.4, 0.5) is 27.6 Å². The number of hydrogen-bond donors (Lipinski definition) is 3. The lowest BCUT2D eigenvalue weighted by molar-refractivity contribution is -0.273. The number of fused-ring (bicyclic) bond motifs is 1. The Hall–Kier alpha value is -2.34. The van der Waals surface area contributed by atoms with Crippen LogP contribution in [0.25, 0.3) is 0 Å². The number of aromatic amines is 1. The van der Waals surface area contributed by atoms with Gasteiger partial charge in [0.25, 0.3) is 10.0 Å². The van der Waals surface area contributed by atoms with Gasteiger partial charge in [-0.25, -0.2) is 17.2 Å². The number of ether oxygens (including phenoxy) is 1. The summed E-state index contributed by atoms with van der Waals surface area (Å²) in [6.07, 6.45) is -6.57. The van der Waals surface area contributed by atoms with Gasteiger partial charge in [0.2, 0.25) is 0 Å². The topological polar surface area (TPSA) is 91.4 Å². The summed E-state index contributed by atoms with van der Waals surface area (Å²) in [7, 11) is -7.92. The summed E-state index contributed by atoms with van der Waals surface area (Å²) >= 11 is 0. The normalized spacial score (nSPS) is 22.1. The number of alkyl halides is 3. The van der Waals surface area contributed by atoms with E-state index in [0.29, 0.717) is 12.1 Å². The van der Waals surface area contributed by atoms with E-state index in [1.165, 1.54) is 0 Å². The molecule has 1 aromatic heterocycles. The molecule has 1 aliphatic rings. The molecule has 1 atom stereocenters. The summed E-state index contributed by atoms with van der Waals surface area (Å²) in [5.41, 5.74) is -4.17. The van der Waals surface area contributed by atoms with Crippen LogP contribution >= 0.6 is 0 Å². The SMILES string of the molecule is [2H]C([2H])([2H])O[C@]1(C(F)(F)F)CCc2c(S(=O)(=O)Nc3cc(F)c(O)cc3F)c[nH]c2C1. The van der Waals surface area contributed by atoms with E-state index in [0.717, 1.165) is 6.20 Å². The molecular formula is C16H15F5N2O4S. The van der Waals surface area contributed by atoms with Crippen molar-refractivity contribution in [2.24, 2.45) is 0 Å². The molecule has 0 fully saturated rings. The van der Waals surface area contributed by atoms with Crippen molar-refractivity contribution in [3.8, 4) is 5.75 Å². The minimum Gasteiger partial charge on any atom is -0.505 e. The molecule has 0 saturated carbocycles. The Morgan fingerprint density at radius 1 is 1.32 bits per heavy atom. The molecule has 0 bridgehead atoms. The smallest absolute Gasteiger partial charge is 0.417 e. The summed E-state index contributed by atoms with van der Waals surface area (Å²) in [6.45, 7) is 0. The van der Waals surface area contributed by atoms with Crippen molar-refractivity contribution in [3.63, 3.8) is 0 Å². The van der Waals surface area contributed by atoms with Crippen LogP contribution in [0, 0.1) is 11.6 Å². The van der Waals surface area contributed by atoms with Crippen LogP contribution in [0.1, 0.15) is 21.8 Å². The average molecular weight is 429 g/mol. The highest BCUT2D eigenvalue weighted by Gasteiger charge is 2.57. The second-order valence-corrected chi connectivity index (χ2v) is 7.92. The zero-order chi connectivity index (χ0) is 23.4. The molecular weight excluding hydrogens is 411 g/mol. The molecule has 1 aliphatic carbocycles. The van der Waals surface area contributed by atoms with E-state index in [2.05, 4.69) is 9.72 Å². The fourth-order valence-electron chi connectivity index (χ4n) is 3.05. The number of benzene rings is 1. The van der Waals surface area contributed by atoms with Crippen molar-refractivity contribution in [3.05, 3.63) is 41.2 Å². The Morgan fingerprint density at radius 3 is 2.68 bits per heavy atom. The summed E-state index contributed by atoms with van der Waals surface area (Å²) in [6, 6.07) is 0.754. The van der Waals surface area contributed by atoms with Crippen LogP contribution in [0.15, 0.2) is 23.2 Å². The Morgan fingerprint density at radius 2 is 2.04 bits per heavy atom. The van der Waals surface area contributed by atoms with Gasteiger partial charge in [0.05, 0.1) is 9.80 Å². The monoisotopic (exact) mass is 429 g/mol. The molecule has 0 spiro atoms. The average Bonchev–Trinajstić information content (AvgIpc) is 3.01. The van der Waals surface area contributed by atoms with Crippen molar-refractivity contribution in [2.75, 3.05) is 11.8 Å². The van der Waals surface area contributed by atoms with Crippen LogP contribution in [0.2, 0.25) is 0 Å². The summed E-state index contributed by atoms with van der Waals surface area (Å²) in [5.74, 6) is -3.63. The third kappa shape index (κ3) is 3.30. The number of sulfonamides is 1. The number of aromatic nitrogens is 1. The van der Waals surface area contributed by atoms with Gasteiger partial charge in [-0.15, -0.1) is 0 Å². The number of halogens is 5. The fraction of sp³-hybridized carbons (Fsp3) is 0.375. The zero-order valence-corrected chi connectivity index (χ0v) is 14.6. The van der Waals surface area contributed by atoms with Crippen LogP contribution in [-0.4, -0.2) is 37.3 Å². The number of aromatic hydroxyl groups is 1. The quantitative estimate of drug-likeness (QED) is 0.514. The lowest BCUT2D eigenvalue weighted by Gasteiger charge is -2.37. The fourth-order valence-corrected chi connectivity index (χ4v) is 4.37. The summed E-state index contributed by atoms with van der Waals surface area (Å²) in [5, 5.41) is 9.12. The van der Waals surface area contributed by atoms with Gasteiger partial charge < -0.3 is 14.8 Å². The molecule has 1 aromatic carbocycles. The van der Waals surface area contributed by atoms with Gasteiger partial charge in [0.15, 0.2) is 23.0 Å². The molecule has 12 heteroatoms. The van der Waals surface area contributed by atoms with Gasteiger partial charge in [-0.05, 0) is 18.4 Å². The number of rotatable bonds is 4. The van der Waals surface area contributed by atoms with Crippen LogP contribution in [-0.2, 0) is 27.6 Å².